The van der Waals surface area contributed by atoms with Crippen LogP contribution in [0.1, 0.15) is 43.6 Å². The molecule has 0 spiro atoms. The molecule has 0 unspecified atom stereocenters. The fourth-order valence-electron chi connectivity index (χ4n) is 4.22. The molecule has 176 valence electrons. The minimum atomic E-state index is -3.12. The molecule has 3 aromatic heterocycles. The summed E-state index contributed by atoms with van der Waals surface area (Å²) in [6.07, 6.45) is 2.40. The first-order chi connectivity index (χ1) is 16.2. The zero-order valence-electron chi connectivity index (χ0n) is 19.1. The summed E-state index contributed by atoms with van der Waals surface area (Å²) in [5, 5.41) is 6.84. The monoisotopic (exact) mass is 465 g/mol. The second-order valence-corrected chi connectivity index (χ2v) is 8.79. The van der Waals surface area contributed by atoms with E-state index in [1.165, 1.54) is 38.8 Å². The quantitative estimate of drug-likeness (QED) is 0.462. The van der Waals surface area contributed by atoms with Crippen molar-refractivity contribution in [2.75, 3.05) is 11.9 Å². The van der Waals surface area contributed by atoms with E-state index in [2.05, 4.69) is 37.7 Å². The second-order valence-electron chi connectivity index (χ2n) is 8.79. The van der Waals surface area contributed by atoms with Gasteiger partial charge < -0.3 is 10.6 Å². The minimum Gasteiger partial charge on any atom is -0.324 e. The number of halogens is 2. The number of pyridine rings is 1. The highest BCUT2D eigenvalue weighted by atomic mass is 19.3. The van der Waals surface area contributed by atoms with Crippen LogP contribution in [0.4, 0.5) is 20.4 Å². The van der Waals surface area contributed by atoms with Gasteiger partial charge in [0.15, 0.2) is 11.5 Å². The molecule has 0 bridgehead atoms. The standard InChI is InChI=1S/C24H25F2N7O/c1-14(2)32-22(34)18-13-28-23(29-17-8-7-16-12-27-10-9-15(16)11-17)31-21(18)33(32)20-6-4-5-19(30-20)24(3,25)26/h4-8,11,13-14,27H,9-10,12H2,1-3H3,(H,28,29,31). The van der Waals surface area contributed by atoms with Gasteiger partial charge in [0.2, 0.25) is 5.95 Å². The smallest absolute Gasteiger partial charge is 0.287 e. The normalized spacial score (nSPS) is 13.9. The Kier molecular flexibility index (Phi) is 5.40. The molecular weight excluding hydrogens is 440 g/mol. The SMILES string of the molecule is CC(C)n1c(=O)c2cnc(Nc3ccc4c(c3)CCNC4)nc2n1-c1cccc(C(C)(F)F)n1. The molecule has 0 saturated heterocycles. The maximum atomic E-state index is 14.0. The molecule has 0 aliphatic carbocycles. The number of aromatic nitrogens is 5. The number of hydrogen-bond acceptors (Lipinski definition) is 6. The van der Waals surface area contributed by atoms with Gasteiger partial charge in [-0.2, -0.15) is 13.8 Å². The van der Waals surface area contributed by atoms with Crippen LogP contribution in [0.5, 0.6) is 0 Å². The zero-order valence-corrected chi connectivity index (χ0v) is 19.1. The van der Waals surface area contributed by atoms with Gasteiger partial charge in [0, 0.05) is 31.4 Å². The van der Waals surface area contributed by atoms with E-state index in [0.29, 0.717) is 11.6 Å². The van der Waals surface area contributed by atoms with E-state index in [0.717, 1.165) is 32.1 Å². The topological polar surface area (TPSA) is 89.7 Å². The van der Waals surface area contributed by atoms with Gasteiger partial charge in [-0.25, -0.2) is 19.3 Å². The van der Waals surface area contributed by atoms with E-state index in [9.17, 15) is 13.6 Å². The Labute approximate surface area is 194 Å². The Morgan fingerprint density at radius 1 is 1.15 bits per heavy atom. The van der Waals surface area contributed by atoms with Crippen molar-refractivity contribution in [2.45, 2.75) is 45.7 Å². The average molecular weight is 466 g/mol. The fourth-order valence-corrected chi connectivity index (χ4v) is 4.22. The third-order valence-electron chi connectivity index (χ3n) is 5.86. The Bertz CT molecular complexity index is 1440. The van der Waals surface area contributed by atoms with E-state index < -0.39 is 5.92 Å². The highest BCUT2D eigenvalue weighted by Crippen LogP contribution is 2.27. The molecule has 5 rings (SSSR count). The number of fused-ring (bicyclic) bond motifs is 2. The van der Waals surface area contributed by atoms with Gasteiger partial charge in [-0.15, -0.1) is 0 Å². The molecule has 0 atom stereocenters. The summed E-state index contributed by atoms with van der Waals surface area (Å²) in [6.45, 7) is 6.24. The number of alkyl halides is 2. The Morgan fingerprint density at radius 2 is 1.97 bits per heavy atom. The van der Waals surface area contributed by atoms with E-state index in [4.69, 9.17) is 0 Å². The molecule has 1 aliphatic rings. The third-order valence-corrected chi connectivity index (χ3v) is 5.86. The molecule has 10 heteroatoms. The first-order valence-electron chi connectivity index (χ1n) is 11.2. The number of hydrogen-bond donors (Lipinski definition) is 2. The maximum absolute atomic E-state index is 14.0. The summed E-state index contributed by atoms with van der Waals surface area (Å²) >= 11 is 0. The van der Waals surface area contributed by atoms with Crippen molar-refractivity contribution in [2.24, 2.45) is 0 Å². The summed E-state index contributed by atoms with van der Waals surface area (Å²) in [5.74, 6) is -2.63. The number of anilines is 2. The second kappa shape index (κ2) is 8.28. The van der Waals surface area contributed by atoms with Crippen LogP contribution in [0.15, 0.2) is 47.4 Å². The van der Waals surface area contributed by atoms with Crippen molar-refractivity contribution < 1.29 is 8.78 Å². The van der Waals surface area contributed by atoms with Crippen LogP contribution in [0.25, 0.3) is 16.9 Å². The molecule has 1 aliphatic heterocycles. The van der Waals surface area contributed by atoms with Crippen molar-refractivity contribution >= 4 is 22.7 Å². The molecule has 4 aromatic rings. The zero-order chi connectivity index (χ0) is 24.0. The molecule has 0 fully saturated rings. The van der Waals surface area contributed by atoms with Crippen LogP contribution in [-0.4, -0.2) is 30.9 Å². The lowest BCUT2D eigenvalue weighted by Crippen LogP contribution is -2.25. The third kappa shape index (κ3) is 3.94. The van der Waals surface area contributed by atoms with Crippen molar-refractivity contribution in [1.82, 2.24) is 29.6 Å². The Balaban J connectivity index is 1.63. The highest BCUT2D eigenvalue weighted by molar-refractivity contribution is 5.77. The summed E-state index contributed by atoms with van der Waals surface area (Å²) in [5.41, 5.74) is 2.95. The Hall–Kier alpha value is -3.66. The van der Waals surface area contributed by atoms with Crippen LogP contribution in [0.2, 0.25) is 0 Å². The lowest BCUT2D eigenvalue weighted by Gasteiger charge is -2.18. The van der Waals surface area contributed by atoms with Gasteiger partial charge >= 0.3 is 0 Å². The number of nitrogens with one attached hydrogen (secondary N) is 2. The average Bonchev–Trinajstić information content (AvgIpc) is 3.10. The van der Waals surface area contributed by atoms with Crippen LogP contribution < -0.4 is 16.2 Å². The molecular formula is C24H25F2N7O. The van der Waals surface area contributed by atoms with Gasteiger partial charge in [-0.3, -0.25) is 4.79 Å². The van der Waals surface area contributed by atoms with E-state index in [1.54, 1.807) is 6.07 Å². The molecule has 8 nitrogen and oxygen atoms in total. The largest absolute Gasteiger partial charge is 0.324 e. The summed E-state index contributed by atoms with van der Waals surface area (Å²) in [4.78, 5) is 26.2. The van der Waals surface area contributed by atoms with Crippen LogP contribution in [0, 0.1) is 0 Å². The van der Waals surface area contributed by atoms with Gasteiger partial charge in [0.1, 0.15) is 11.1 Å². The van der Waals surface area contributed by atoms with Crippen LogP contribution in [-0.2, 0) is 18.9 Å². The van der Waals surface area contributed by atoms with Gasteiger partial charge in [0.05, 0.1) is 0 Å². The van der Waals surface area contributed by atoms with Gasteiger partial charge in [0.25, 0.3) is 11.5 Å². The molecule has 4 heterocycles. The van der Waals surface area contributed by atoms with Gasteiger partial charge in [-0.05, 0) is 62.2 Å². The first kappa shape index (κ1) is 22.1. The molecule has 0 amide bonds. The molecule has 2 N–H and O–H groups in total. The maximum Gasteiger partial charge on any atom is 0.287 e. The molecule has 0 saturated carbocycles. The van der Waals surface area contributed by atoms with Crippen LogP contribution >= 0.6 is 0 Å². The lowest BCUT2D eigenvalue weighted by molar-refractivity contribution is 0.0127. The number of rotatable bonds is 5. The summed E-state index contributed by atoms with van der Waals surface area (Å²) < 4.78 is 30.9. The van der Waals surface area contributed by atoms with Crippen LogP contribution in [0.3, 0.4) is 0 Å². The Morgan fingerprint density at radius 3 is 2.74 bits per heavy atom. The van der Waals surface area contributed by atoms with Crippen molar-refractivity contribution in [1.29, 1.82) is 0 Å². The fraction of sp³-hybridized carbons (Fsp3) is 0.333. The highest BCUT2D eigenvalue weighted by Gasteiger charge is 2.27. The summed E-state index contributed by atoms with van der Waals surface area (Å²) in [7, 11) is 0. The first-order valence-corrected chi connectivity index (χ1v) is 11.2. The molecule has 34 heavy (non-hydrogen) atoms. The number of benzene rings is 1. The van der Waals surface area contributed by atoms with Crippen molar-refractivity contribution in [3.05, 3.63) is 69.8 Å². The molecule has 0 radical (unpaired) electrons. The predicted molar refractivity (Wildman–Crippen MR) is 126 cm³/mol. The minimum absolute atomic E-state index is 0.186. The number of nitrogens with zero attached hydrogens (tertiary/aromatic N) is 5. The van der Waals surface area contributed by atoms with Crippen molar-refractivity contribution in [3.63, 3.8) is 0 Å². The van der Waals surface area contributed by atoms with E-state index in [1.807, 2.05) is 19.9 Å². The predicted octanol–water partition coefficient (Wildman–Crippen LogP) is 4.06. The lowest BCUT2D eigenvalue weighted by atomic mass is 10.0. The van der Waals surface area contributed by atoms with E-state index in [-0.39, 0.29) is 28.5 Å². The van der Waals surface area contributed by atoms with Gasteiger partial charge in [-0.1, -0.05) is 12.1 Å². The van der Waals surface area contributed by atoms with Crippen molar-refractivity contribution in [3.8, 4) is 5.82 Å². The molecule has 1 aromatic carbocycles. The van der Waals surface area contributed by atoms with E-state index >= 15 is 0 Å². The summed E-state index contributed by atoms with van der Waals surface area (Å²) in [6, 6.07) is 10.2.